The van der Waals surface area contributed by atoms with Crippen LogP contribution in [0.2, 0.25) is 5.02 Å². The minimum absolute atomic E-state index is 0. The van der Waals surface area contributed by atoms with E-state index in [1.54, 1.807) is 25.2 Å². The van der Waals surface area contributed by atoms with E-state index in [0.717, 1.165) is 21.1 Å². The normalized spacial score (nSPS) is 12.4. The summed E-state index contributed by atoms with van der Waals surface area (Å²) in [4.78, 5) is 17.7. The van der Waals surface area contributed by atoms with Gasteiger partial charge in [0.2, 0.25) is 5.91 Å². The molecule has 0 aliphatic carbocycles. The minimum Gasteiger partial charge on any atom is -0.346 e. The molecule has 0 spiro atoms. The number of aromatic nitrogens is 1. The van der Waals surface area contributed by atoms with Gasteiger partial charge in [-0.15, -0.1) is 23.7 Å². The van der Waals surface area contributed by atoms with E-state index >= 15 is 0 Å². The Balaban J connectivity index is 0.00000264. The lowest BCUT2D eigenvalue weighted by atomic mass is 10.1. The molecule has 2 aromatic rings. The predicted octanol–water partition coefficient (Wildman–Crippen LogP) is 4.11. The summed E-state index contributed by atoms with van der Waals surface area (Å²) < 4.78 is 0. The molecule has 0 aliphatic heterocycles. The molecule has 0 aliphatic rings. The van der Waals surface area contributed by atoms with Crippen molar-refractivity contribution in [2.75, 3.05) is 0 Å². The number of thiazole rings is 1. The first-order chi connectivity index (χ1) is 10.2. The van der Waals surface area contributed by atoms with Crippen LogP contribution in [0.25, 0.3) is 11.3 Å². The van der Waals surface area contributed by atoms with E-state index in [9.17, 15) is 4.79 Å². The van der Waals surface area contributed by atoms with Gasteiger partial charge in [0.15, 0.2) is 0 Å². The maximum absolute atomic E-state index is 12.0. The molecule has 7 heteroatoms. The number of aryl methyl sites for hydroxylation is 1. The van der Waals surface area contributed by atoms with Crippen molar-refractivity contribution in [1.82, 2.24) is 10.3 Å². The van der Waals surface area contributed by atoms with Gasteiger partial charge in [0, 0.05) is 15.5 Å². The van der Waals surface area contributed by atoms with E-state index in [1.165, 1.54) is 0 Å². The summed E-state index contributed by atoms with van der Waals surface area (Å²) in [6.07, 6.45) is 0. The Bertz CT molecular complexity index is 678. The second-order valence-electron chi connectivity index (χ2n) is 5.88. The van der Waals surface area contributed by atoms with E-state index in [2.05, 4.69) is 10.3 Å². The molecule has 0 radical (unpaired) electrons. The molecule has 3 N–H and O–H groups in total. The summed E-state index contributed by atoms with van der Waals surface area (Å²) >= 11 is 7.49. The molecule has 1 heterocycles. The number of nitrogens with zero attached hydrogens (tertiary/aromatic N) is 1. The van der Waals surface area contributed by atoms with Crippen molar-refractivity contribution in [1.29, 1.82) is 0 Å². The second kappa shape index (κ2) is 7.62. The highest BCUT2D eigenvalue weighted by Gasteiger charge is 2.25. The first kappa shape index (κ1) is 19.9. The van der Waals surface area contributed by atoms with E-state index in [1.807, 2.05) is 38.1 Å². The Labute approximate surface area is 151 Å². The van der Waals surface area contributed by atoms with Gasteiger partial charge in [-0.2, -0.15) is 0 Å². The average Bonchev–Trinajstić information content (AvgIpc) is 2.81. The monoisotopic (exact) mass is 373 g/mol. The van der Waals surface area contributed by atoms with Crippen LogP contribution < -0.4 is 11.1 Å². The van der Waals surface area contributed by atoms with Crippen LogP contribution in [0.1, 0.15) is 36.7 Å². The Morgan fingerprint density at radius 1 is 1.35 bits per heavy atom. The Hall–Kier alpha value is -1.14. The topological polar surface area (TPSA) is 68.0 Å². The predicted molar refractivity (Wildman–Crippen MR) is 99.4 cm³/mol. The van der Waals surface area contributed by atoms with Crippen molar-refractivity contribution in [3.63, 3.8) is 0 Å². The summed E-state index contributed by atoms with van der Waals surface area (Å²) in [5.74, 6) is -0.194. The summed E-state index contributed by atoms with van der Waals surface area (Å²) in [5.41, 5.74) is 6.84. The molecule has 23 heavy (non-hydrogen) atoms. The van der Waals surface area contributed by atoms with Crippen molar-refractivity contribution >= 4 is 41.3 Å². The fourth-order valence-electron chi connectivity index (χ4n) is 1.92. The van der Waals surface area contributed by atoms with Crippen LogP contribution in [0.15, 0.2) is 24.3 Å². The van der Waals surface area contributed by atoms with E-state index < -0.39 is 5.54 Å². The highest BCUT2D eigenvalue weighted by Crippen LogP contribution is 2.31. The minimum atomic E-state index is -0.903. The van der Waals surface area contributed by atoms with Crippen LogP contribution in [0, 0.1) is 6.92 Å². The van der Waals surface area contributed by atoms with Crippen LogP contribution >= 0.6 is 35.3 Å². The summed E-state index contributed by atoms with van der Waals surface area (Å²) in [5, 5.41) is 4.46. The average molecular weight is 374 g/mol. The molecule has 0 saturated carbocycles. The van der Waals surface area contributed by atoms with E-state index in [-0.39, 0.29) is 24.4 Å². The lowest BCUT2D eigenvalue weighted by Gasteiger charge is -2.20. The molecule has 4 nitrogen and oxygen atoms in total. The largest absolute Gasteiger partial charge is 0.346 e. The molecule has 1 unspecified atom stereocenters. The van der Waals surface area contributed by atoms with Gasteiger partial charge in [-0.05, 0) is 39.8 Å². The number of rotatable bonds is 4. The number of amides is 1. The summed E-state index contributed by atoms with van der Waals surface area (Å²) in [6.45, 7) is 7.29. The highest BCUT2D eigenvalue weighted by atomic mass is 35.5. The van der Waals surface area contributed by atoms with Crippen LogP contribution in [0.3, 0.4) is 0 Å². The maximum Gasteiger partial charge on any atom is 0.240 e. The number of hydrogen-bond donors (Lipinski definition) is 2. The lowest BCUT2D eigenvalue weighted by Crippen LogP contribution is -2.49. The number of nitrogens with two attached hydrogens (primary N) is 1. The Morgan fingerprint density at radius 2 is 1.91 bits per heavy atom. The lowest BCUT2D eigenvalue weighted by molar-refractivity contribution is -0.125. The number of carbonyl (C=O) groups excluding carboxylic acids is 1. The van der Waals surface area contributed by atoms with Crippen LogP contribution in [0.4, 0.5) is 0 Å². The van der Waals surface area contributed by atoms with Crippen LogP contribution in [0.5, 0.6) is 0 Å². The zero-order chi connectivity index (χ0) is 16.5. The molecule has 0 saturated heterocycles. The Morgan fingerprint density at radius 3 is 2.43 bits per heavy atom. The second-order valence-corrected chi connectivity index (χ2v) is 7.55. The fourth-order valence-corrected chi connectivity index (χ4v) is 2.99. The van der Waals surface area contributed by atoms with Crippen molar-refractivity contribution in [2.45, 2.75) is 39.3 Å². The van der Waals surface area contributed by atoms with Gasteiger partial charge in [0.25, 0.3) is 0 Å². The third-order valence-corrected chi connectivity index (χ3v) is 4.64. The third-order valence-electron chi connectivity index (χ3n) is 3.23. The number of hydrogen-bond acceptors (Lipinski definition) is 4. The molecule has 1 aromatic heterocycles. The van der Waals surface area contributed by atoms with Gasteiger partial charge in [-0.1, -0.05) is 23.7 Å². The fraction of sp³-hybridized carbons (Fsp3) is 0.375. The molecule has 126 valence electrons. The Kier molecular flexibility index (Phi) is 6.59. The number of carbonyl (C=O) groups is 1. The SMILES string of the molecule is Cc1sc(C(C)NC(=O)C(C)(C)N)nc1-c1ccc(Cl)cc1.Cl. The number of nitrogens with one attached hydrogen (secondary N) is 1. The summed E-state index contributed by atoms with van der Waals surface area (Å²) in [7, 11) is 0. The first-order valence-electron chi connectivity index (χ1n) is 7.01. The smallest absolute Gasteiger partial charge is 0.240 e. The van der Waals surface area contributed by atoms with Crippen molar-refractivity contribution in [3.05, 3.63) is 39.2 Å². The molecule has 1 aromatic carbocycles. The number of benzene rings is 1. The van der Waals surface area contributed by atoms with Gasteiger partial charge < -0.3 is 11.1 Å². The van der Waals surface area contributed by atoms with Crippen molar-refractivity contribution < 1.29 is 4.79 Å². The summed E-state index contributed by atoms with van der Waals surface area (Å²) in [6, 6.07) is 7.40. The zero-order valence-corrected chi connectivity index (χ0v) is 15.9. The van der Waals surface area contributed by atoms with Gasteiger partial charge in [-0.25, -0.2) is 4.98 Å². The molecule has 0 fully saturated rings. The van der Waals surface area contributed by atoms with Gasteiger partial charge in [0.1, 0.15) is 5.01 Å². The van der Waals surface area contributed by atoms with Gasteiger partial charge in [0.05, 0.1) is 17.3 Å². The highest BCUT2D eigenvalue weighted by molar-refractivity contribution is 7.12. The van der Waals surface area contributed by atoms with Crippen LogP contribution in [-0.4, -0.2) is 16.4 Å². The number of halogens is 2. The van der Waals surface area contributed by atoms with Gasteiger partial charge in [-0.3, -0.25) is 4.79 Å². The van der Waals surface area contributed by atoms with Crippen LogP contribution in [-0.2, 0) is 4.79 Å². The van der Waals surface area contributed by atoms with Gasteiger partial charge >= 0.3 is 0 Å². The zero-order valence-electron chi connectivity index (χ0n) is 13.5. The molecule has 1 atom stereocenters. The molecule has 0 bridgehead atoms. The molecule has 1 amide bonds. The first-order valence-corrected chi connectivity index (χ1v) is 8.21. The standard InChI is InChI=1S/C16H20ClN3OS.ClH/c1-9(19-15(21)16(3,4)18)14-20-13(10(2)22-14)11-5-7-12(17)8-6-11;/h5-9H,18H2,1-4H3,(H,19,21);1H. The quantitative estimate of drug-likeness (QED) is 0.846. The maximum atomic E-state index is 12.0. The molecule has 2 rings (SSSR count). The molecular formula is C16H21Cl2N3OS. The molecular weight excluding hydrogens is 353 g/mol. The van der Waals surface area contributed by atoms with E-state index in [4.69, 9.17) is 17.3 Å². The third kappa shape index (κ3) is 4.91. The van der Waals surface area contributed by atoms with E-state index in [0.29, 0.717) is 5.02 Å². The van der Waals surface area contributed by atoms with Crippen molar-refractivity contribution in [2.24, 2.45) is 5.73 Å². The van der Waals surface area contributed by atoms with Crippen molar-refractivity contribution in [3.8, 4) is 11.3 Å².